The number of nitrogens with one attached hydrogen (secondary N) is 2. The molecule has 116 valence electrons. The van der Waals surface area contributed by atoms with Gasteiger partial charge in [-0.1, -0.05) is 31.2 Å². The quantitative estimate of drug-likeness (QED) is 0.872. The summed E-state index contributed by atoms with van der Waals surface area (Å²) >= 11 is 0. The number of amides is 1. The summed E-state index contributed by atoms with van der Waals surface area (Å²) in [6.07, 6.45) is 4.37. The second kappa shape index (κ2) is 6.61. The molecular weight excluding hydrogens is 260 g/mol. The van der Waals surface area contributed by atoms with E-state index < -0.39 is 0 Å². The lowest BCUT2D eigenvalue weighted by Gasteiger charge is -2.31. The maximum atomic E-state index is 12.3. The van der Waals surface area contributed by atoms with Crippen LogP contribution in [0.15, 0.2) is 24.3 Å². The molecule has 2 rings (SSSR count). The van der Waals surface area contributed by atoms with Gasteiger partial charge in [0.25, 0.3) is 0 Å². The maximum absolute atomic E-state index is 12.3. The first kappa shape index (κ1) is 16.0. The highest BCUT2D eigenvalue weighted by molar-refractivity contribution is 5.82. The van der Waals surface area contributed by atoms with Crippen LogP contribution < -0.4 is 10.6 Å². The van der Waals surface area contributed by atoms with E-state index in [2.05, 4.69) is 55.7 Å². The van der Waals surface area contributed by atoms with Crippen molar-refractivity contribution in [1.29, 1.82) is 0 Å². The molecule has 0 radical (unpaired) electrons. The zero-order valence-corrected chi connectivity index (χ0v) is 13.7. The van der Waals surface area contributed by atoms with E-state index in [4.69, 9.17) is 0 Å². The van der Waals surface area contributed by atoms with Crippen LogP contribution in [0.1, 0.15) is 64.1 Å². The van der Waals surface area contributed by atoms with Gasteiger partial charge in [0.05, 0.1) is 6.04 Å². The molecule has 1 aromatic carbocycles. The van der Waals surface area contributed by atoms with Crippen LogP contribution in [0.25, 0.3) is 0 Å². The molecule has 1 aromatic rings. The van der Waals surface area contributed by atoms with Gasteiger partial charge in [-0.15, -0.1) is 0 Å². The van der Waals surface area contributed by atoms with Crippen molar-refractivity contribution in [2.24, 2.45) is 0 Å². The Balaban J connectivity index is 2.01. The lowest BCUT2D eigenvalue weighted by Crippen LogP contribution is -2.51. The Morgan fingerprint density at radius 3 is 2.81 bits per heavy atom. The molecule has 0 spiro atoms. The summed E-state index contributed by atoms with van der Waals surface area (Å²) < 4.78 is 0. The first-order chi connectivity index (χ1) is 9.93. The van der Waals surface area contributed by atoms with Gasteiger partial charge in [-0.2, -0.15) is 0 Å². The van der Waals surface area contributed by atoms with Gasteiger partial charge in [-0.25, -0.2) is 0 Å². The monoisotopic (exact) mass is 288 g/mol. The van der Waals surface area contributed by atoms with E-state index in [0.717, 1.165) is 19.3 Å². The zero-order chi connectivity index (χ0) is 15.5. The highest BCUT2D eigenvalue weighted by atomic mass is 16.2. The van der Waals surface area contributed by atoms with Crippen LogP contribution in [0.3, 0.4) is 0 Å². The lowest BCUT2D eigenvalue weighted by atomic mass is 9.87. The smallest absolute Gasteiger partial charge is 0.237 e. The molecule has 0 aliphatic heterocycles. The number of hydrogen-bond acceptors (Lipinski definition) is 2. The Morgan fingerprint density at radius 2 is 2.10 bits per heavy atom. The predicted octanol–water partition coefficient (Wildman–Crippen LogP) is 3.35. The van der Waals surface area contributed by atoms with Gasteiger partial charge in [-0.05, 0) is 57.6 Å². The summed E-state index contributed by atoms with van der Waals surface area (Å²) in [6.45, 7) is 8.18. The van der Waals surface area contributed by atoms with Crippen molar-refractivity contribution in [1.82, 2.24) is 10.6 Å². The summed E-state index contributed by atoms with van der Waals surface area (Å²) in [5, 5.41) is 6.63. The normalized spacial score (nSPS) is 19.7. The molecule has 2 atom stereocenters. The minimum Gasteiger partial charge on any atom is -0.350 e. The van der Waals surface area contributed by atoms with Crippen molar-refractivity contribution >= 4 is 5.91 Å². The Hall–Kier alpha value is -1.35. The molecule has 0 bridgehead atoms. The summed E-state index contributed by atoms with van der Waals surface area (Å²) in [7, 11) is 0. The van der Waals surface area contributed by atoms with E-state index >= 15 is 0 Å². The van der Waals surface area contributed by atoms with E-state index in [0.29, 0.717) is 6.04 Å². The van der Waals surface area contributed by atoms with Gasteiger partial charge in [0, 0.05) is 11.6 Å². The van der Waals surface area contributed by atoms with Gasteiger partial charge in [-0.3, -0.25) is 10.1 Å². The first-order valence-corrected chi connectivity index (χ1v) is 8.09. The molecule has 0 fully saturated rings. The topological polar surface area (TPSA) is 41.1 Å². The summed E-state index contributed by atoms with van der Waals surface area (Å²) in [4.78, 5) is 12.3. The SMILES string of the molecule is CCC(C)(C)NC(=O)C(C)NC1CCCc2ccccc21. The van der Waals surface area contributed by atoms with Crippen molar-refractivity contribution in [3.63, 3.8) is 0 Å². The van der Waals surface area contributed by atoms with Crippen molar-refractivity contribution in [3.8, 4) is 0 Å². The Labute approximate surface area is 128 Å². The number of carbonyl (C=O) groups is 1. The molecule has 21 heavy (non-hydrogen) atoms. The zero-order valence-electron chi connectivity index (χ0n) is 13.7. The molecule has 0 aromatic heterocycles. The molecule has 0 saturated carbocycles. The third-order valence-electron chi connectivity index (χ3n) is 4.56. The van der Waals surface area contributed by atoms with Crippen LogP contribution in [0.5, 0.6) is 0 Å². The fraction of sp³-hybridized carbons (Fsp3) is 0.611. The summed E-state index contributed by atoms with van der Waals surface area (Å²) in [5.74, 6) is 0.0879. The van der Waals surface area contributed by atoms with Gasteiger partial charge < -0.3 is 5.32 Å². The van der Waals surface area contributed by atoms with E-state index in [-0.39, 0.29) is 17.5 Å². The third-order valence-corrected chi connectivity index (χ3v) is 4.56. The molecule has 3 heteroatoms. The van der Waals surface area contributed by atoms with Crippen LogP contribution in [0.4, 0.5) is 0 Å². The molecule has 1 amide bonds. The minimum absolute atomic E-state index is 0.0879. The molecule has 1 aliphatic carbocycles. The highest BCUT2D eigenvalue weighted by Gasteiger charge is 2.26. The molecule has 1 aliphatic rings. The van der Waals surface area contributed by atoms with Crippen molar-refractivity contribution in [3.05, 3.63) is 35.4 Å². The summed E-state index contributed by atoms with van der Waals surface area (Å²) in [5.41, 5.74) is 2.64. The second-order valence-electron chi connectivity index (χ2n) is 6.76. The third kappa shape index (κ3) is 4.07. The van der Waals surface area contributed by atoms with Crippen LogP contribution >= 0.6 is 0 Å². The Kier molecular flexibility index (Phi) is 5.04. The number of rotatable bonds is 5. The van der Waals surface area contributed by atoms with Crippen molar-refractivity contribution in [2.75, 3.05) is 0 Å². The summed E-state index contributed by atoms with van der Waals surface area (Å²) in [6, 6.07) is 8.69. The average Bonchev–Trinajstić information content (AvgIpc) is 2.47. The van der Waals surface area contributed by atoms with E-state index in [1.165, 1.54) is 17.5 Å². The number of fused-ring (bicyclic) bond motifs is 1. The van der Waals surface area contributed by atoms with Crippen LogP contribution in [-0.2, 0) is 11.2 Å². The second-order valence-corrected chi connectivity index (χ2v) is 6.76. The fourth-order valence-corrected chi connectivity index (χ4v) is 2.83. The molecule has 2 N–H and O–H groups in total. The number of hydrogen-bond donors (Lipinski definition) is 2. The van der Waals surface area contributed by atoms with E-state index in [1.54, 1.807) is 0 Å². The minimum atomic E-state index is -0.174. The molecule has 0 saturated heterocycles. The number of carbonyl (C=O) groups excluding carboxylic acids is 1. The predicted molar refractivity (Wildman–Crippen MR) is 87.2 cm³/mol. The van der Waals surface area contributed by atoms with Crippen molar-refractivity contribution in [2.45, 2.75) is 71.0 Å². The fourth-order valence-electron chi connectivity index (χ4n) is 2.83. The van der Waals surface area contributed by atoms with E-state index in [1.807, 2.05) is 6.92 Å². The van der Waals surface area contributed by atoms with Crippen molar-refractivity contribution < 1.29 is 4.79 Å². The molecule has 3 nitrogen and oxygen atoms in total. The van der Waals surface area contributed by atoms with Crippen LogP contribution in [0, 0.1) is 0 Å². The van der Waals surface area contributed by atoms with Gasteiger partial charge in [0.1, 0.15) is 0 Å². The van der Waals surface area contributed by atoms with E-state index in [9.17, 15) is 4.79 Å². The maximum Gasteiger partial charge on any atom is 0.237 e. The average molecular weight is 288 g/mol. The van der Waals surface area contributed by atoms with Crippen LogP contribution in [-0.4, -0.2) is 17.5 Å². The van der Waals surface area contributed by atoms with Gasteiger partial charge in [0.2, 0.25) is 5.91 Å². The first-order valence-electron chi connectivity index (χ1n) is 8.09. The molecule has 2 unspecified atom stereocenters. The number of aryl methyl sites for hydroxylation is 1. The molecule has 0 heterocycles. The van der Waals surface area contributed by atoms with Gasteiger partial charge in [0.15, 0.2) is 0 Å². The number of benzene rings is 1. The Bertz CT molecular complexity index is 496. The standard InChI is InChI=1S/C18H28N2O/c1-5-18(3,4)20-17(21)13(2)19-16-12-8-10-14-9-6-7-11-15(14)16/h6-7,9,11,13,16,19H,5,8,10,12H2,1-4H3,(H,20,21). The Morgan fingerprint density at radius 1 is 1.38 bits per heavy atom. The van der Waals surface area contributed by atoms with Gasteiger partial charge >= 0.3 is 0 Å². The highest BCUT2D eigenvalue weighted by Crippen LogP contribution is 2.29. The largest absolute Gasteiger partial charge is 0.350 e. The lowest BCUT2D eigenvalue weighted by molar-refractivity contribution is -0.124. The van der Waals surface area contributed by atoms with Crippen LogP contribution in [0.2, 0.25) is 0 Å². The molecular formula is C18H28N2O.